The molecule has 0 fully saturated rings. The largest absolute Gasteiger partial charge is 0.464 e. The van der Waals surface area contributed by atoms with Crippen LogP contribution in [0.3, 0.4) is 0 Å². The molecule has 0 saturated heterocycles. The Kier molecular flexibility index (Phi) is 6.73. The minimum absolute atomic E-state index is 0.258. The third-order valence-electron chi connectivity index (χ3n) is 3.94. The number of rotatable bonds is 9. The van der Waals surface area contributed by atoms with Gasteiger partial charge in [-0.15, -0.1) is 0 Å². The van der Waals surface area contributed by atoms with Crippen LogP contribution in [0.1, 0.15) is 38.2 Å². The van der Waals surface area contributed by atoms with Gasteiger partial charge in [0.25, 0.3) is 11.8 Å². The van der Waals surface area contributed by atoms with Gasteiger partial charge in [-0.2, -0.15) is 0 Å². The van der Waals surface area contributed by atoms with Crippen molar-refractivity contribution in [3.63, 3.8) is 0 Å². The van der Waals surface area contributed by atoms with Crippen LogP contribution in [0.15, 0.2) is 42.5 Å². The number of hydrogen-bond donors (Lipinski definition) is 0. The van der Waals surface area contributed by atoms with Gasteiger partial charge in [-0.25, -0.2) is 4.79 Å². The Hall–Kier alpha value is -2.43. The first-order chi connectivity index (χ1) is 11.6. The zero-order valence-corrected chi connectivity index (χ0v) is 13.9. The smallest absolute Gasteiger partial charge is 0.329 e. The third-order valence-corrected chi connectivity index (χ3v) is 3.94. The van der Waals surface area contributed by atoms with Crippen LogP contribution in [0.2, 0.25) is 0 Å². The van der Waals surface area contributed by atoms with Gasteiger partial charge in [0.2, 0.25) is 0 Å². The number of esters is 1. The fourth-order valence-corrected chi connectivity index (χ4v) is 2.63. The van der Waals surface area contributed by atoms with E-state index in [1.165, 1.54) is 12.2 Å². The second kappa shape index (κ2) is 9.01. The highest BCUT2D eigenvalue weighted by atomic mass is 16.5. The molecule has 0 aliphatic carbocycles. The Bertz CT molecular complexity index is 591. The van der Waals surface area contributed by atoms with Crippen molar-refractivity contribution < 1.29 is 19.1 Å². The number of benzene rings is 1. The summed E-state index contributed by atoms with van der Waals surface area (Å²) in [5.74, 6) is -1.46. The van der Waals surface area contributed by atoms with E-state index in [0.717, 1.165) is 36.1 Å². The summed E-state index contributed by atoms with van der Waals surface area (Å²) >= 11 is 0. The molecule has 1 heterocycles. The number of carbonyl (C=O) groups excluding carboxylic acids is 3. The minimum Gasteiger partial charge on any atom is -0.464 e. The van der Waals surface area contributed by atoms with Crippen molar-refractivity contribution in [1.29, 1.82) is 0 Å². The molecule has 5 nitrogen and oxygen atoms in total. The van der Waals surface area contributed by atoms with Gasteiger partial charge in [0.05, 0.1) is 6.61 Å². The molecule has 1 aliphatic heterocycles. The summed E-state index contributed by atoms with van der Waals surface area (Å²) in [6, 6.07) is 8.38. The summed E-state index contributed by atoms with van der Waals surface area (Å²) in [7, 11) is 0. The number of imide groups is 1. The summed E-state index contributed by atoms with van der Waals surface area (Å²) in [5.41, 5.74) is 0.873. The predicted octanol–water partition coefficient (Wildman–Crippen LogP) is 2.65. The molecule has 2 amide bonds. The van der Waals surface area contributed by atoms with Crippen LogP contribution in [-0.4, -0.2) is 35.3 Å². The van der Waals surface area contributed by atoms with Crippen molar-refractivity contribution >= 4 is 17.8 Å². The number of unbranched alkanes of at least 4 members (excludes halogenated alkanes) is 3. The van der Waals surface area contributed by atoms with Gasteiger partial charge >= 0.3 is 5.97 Å². The van der Waals surface area contributed by atoms with Crippen LogP contribution in [0.25, 0.3) is 0 Å². The molecule has 1 unspecified atom stereocenters. The van der Waals surface area contributed by atoms with E-state index in [1.807, 2.05) is 30.3 Å². The lowest BCUT2D eigenvalue weighted by Gasteiger charge is -2.24. The van der Waals surface area contributed by atoms with E-state index in [0.29, 0.717) is 6.61 Å². The van der Waals surface area contributed by atoms with E-state index in [4.69, 9.17) is 4.74 Å². The Morgan fingerprint density at radius 1 is 1.04 bits per heavy atom. The molecule has 1 aromatic carbocycles. The summed E-state index contributed by atoms with van der Waals surface area (Å²) in [5, 5.41) is 0. The molecule has 24 heavy (non-hydrogen) atoms. The summed E-state index contributed by atoms with van der Waals surface area (Å²) in [6.45, 7) is 2.42. The maximum absolute atomic E-state index is 12.5. The highest BCUT2D eigenvalue weighted by molar-refractivity contribution is 6.14. The first-order valence-corrected chi connectivity index (χ1v) is 8.39. The van der Waals surface area contributed by atoms with Gasteiger partial charge in [0.1, 0.15) is 6.04 Å². The van der Waals surface area contributed by atoms with E-state index >= 15 is 0 Å². The topological polar surface area (TPSA) is 63.7 Å². The van der Waals surface area contributed by atoms with Gasteiger partial charge in [-0.3, -0.25) is 14.5 Å². The standard InChI is InChI=1S/C19H23NO4/c1-2-3-4-8-13-24-19(23)16(14-15-9-6-5-7-10-15)20-17(21)11-12-18(20)22/h5-7,9-12,16H,2-4,8,13-14H2,1H3. The first kappa shape index (κ1) is 17.9. The lowest BCUT2D eigenvalue weighted by atomic mass is 10.0. The van der Waals surface area contributed by atoms with Crippen molar-refractivity contribution in [2.45, 2.75) is 45.1 Å². The van der Waals surface area contributed by atoms with Crippen LogP contribution in [0, 0.1) is 0 Å². The van der Waals surface area contributed by atoms with Gasteiger partial charge in [0, 0.05) is 18.6 Å². The van der Waals surface area contributed by atoms with Crippen LogP contribution < -0.4 is 0 Å². The van der Waals surface area contributed by atoms with E-state index in [2.05, 4.69) is 6.92 Å². The third kappa shape index (κ3) is 4.78. The second-order valence-corrected chi connectivity index (χ2v) is 5.81. The van der Waals surface area contributed by atoms with E-state index < -0.39 is 23.8 Å². The molecule has 5 heteroatoms. The Balaban J connectivity index is 2.03. The Labute approximate surface area is 142 Å². The summed E-state index contributed by atoms with van der Waals surface area (Å²) in [6.07, 6.45) is 6.62. The molecule has 1 aromatic rings. The van der Waals surface area contributed by atoms with Gasteiger partial charge in [-0.1, -0.05) is 56.5 Å². The van der Waals surface area contributed by atoms with Gasteiger partial charge < -0.3 is 4.74 Å². The summed E-state index contributed by atoms with van der Waals surface area (Å²) < 4.78 is 5.32. The Morgan fingerprint density at radius 3 is 2.33 bits per heavy atom. The molecule has 0 radical (unpaired) electrons. The average Bonchev–Trinajstić information content (AvgIpc) is 2.92. The SMILES string of the molecule is CCCCCCOC(=O)C(Cc1ccccc1)N1C(=O)C=CC1=O. The van der Waals surface area contributed by atoms with E-state index in [-0.39, 0.29) is 6.42 Å². The molecule has 1 aliphatic rings. The molecule has 128 valence electrons. The van der Waals surface area contributed by atoms with Crippen molar-refractivity contribution in [3.8, 4) is 0 Å². The minimum atomic E-state index is -0.923. The highest BCUT2D eigenvalue weighted by Gasteiger charge is 2.36. The van der Waals surface area contributed by atoms with E-state index in [9.17, 15) is 14.4 Å². The summed E-state index contributed by atoms with van der Waals surface area (Å²) in [4.78, 5) is 37.3. The number of hydrogen-bond acceptors (Lipinski definition) is 4. The van der Waals surface area contributed by atoms with Crippen LogP contribution >= 0.6 is 0 Å². The zero-order chi connectivity index (χ0) is 17.4. The molecular weight excluding hydrogens is 306 g/mol. The van der Waals surface area contributed by atoms with Gasteiger partial charge in [0.15, 0.2) is 0 Å². The second-order valence-electron chi connectivity index (χ2n) is 5.81. The molecule has 2 rings (SSSR count). The average molecular weight is 329 g/mol. The highest BCUT2D eigenvalue weighted by Crippen LogP contribution is 2.16. The predicted molar refractivity (Wildman–Crippen MR) is 90.0 cm³/mol. The molecule has 0 aromatic heterocycles. The van der Waals surface area contributed by atoms with E-state index in [1.54, 1.807) is 0 Å². The van der Waals surface area contributed by atoms with Crippen molar-refractivity contribution in [1.82, 2.24) is 4.90 Å². The van der Waals surface area contributed by atoms with Crippen molar-refractivity contribution in [3.05, 3.63) is 48.0 Å². The monoisotopic (exact) mass is 329 g/mol. The van der Waals surface area contributed by atoms with Crippen molar-refractivity contribution in [2.75, 3.05) is 6.61 Å². The number of ether oxygens (including phenoxy) is 1. The van der Waals surface area contributed by atoms with Crippen molar-refractivity contribution in [2.24, 2.45) is 0 Å². The molecule has 0 N–H and O–H groups in total. The quantitative estimate of drug-likeness (QED) is 0.397. The molecule has 0 saturated carbocycles. The Morgan fingerprint density at radius 2 is 1.71 bits per heavy atom. The number of amides is 2. The normalized spacial score (nSPS) is 15.0. The fraction of sp³-hybridized carbons (Fsp3) is 0.421. The zero-order valence-electron chi connectivity index (χ0n) is 13.9. The van der Waals surface area contributed by atoms with Gasteiger partial charge in [-0.05, 0) is 12.0 Å². The lowest BCUT2D eigenvalue weighted by molar-refractivity contribution is -0.157. The maximum atomic E-state index is 12.5. The number of nitrogens with zero attached hydrogens (tertiary/aromatic N) is 1. The van der Waals surface area contributed by atoms with Crippen LogP contribution in [0.4, 0.5) is 0 Å². The first-order valence-electron chi connectivity index (χ1n) is 8.39. The maximum Gasteiger partial charge on any atom is 0.329 e. The fourth-order valence-electron chi connectivity index (χ4n) is 2.63. The molecule has 0 spiro atoms. The number of carbonyl (C=O) groups is 3. The van der Waals surface area contributed by atoms with Crippen LogP contribution in [0.5, 0.6) is 0 Å². The molecule has 1 atom stereocenters. The lowest BCUT2D eigenvalue weighted by Crippen LogP contribution is -2.47. The van der Waals surface area contributed by atoms with Crippen LogP contribution in [-0.2, 0) is 25.5 Å². The molecule has 0 bridgehead atoms. The molecular formula is C19H23NO4.